The van der Waals surface area contributed by atoms with Gasteiger partial charge < -0.3 is 10.1 Å². The molecule has 1 N–H and O–H groups in total. The van der Waals surface area contributed by atoms with Crippen LogP contribution in [0.1, 0.15) is 19.8 Å². The van der Waals surface area contributed by atoms with Crippen LogP contribution in [0.2, 0.25) is 0 Å². The van der Waals surface area contributed by atoms with Crippen LogP contribution in [0, 0.1) is 0 Å². The predicted molar refractivity (Wildman–Crippen MR) is 86.2 cm³/mol. The highest BCUT2D eigenvalue weighted by atomic mass is 79.9. The van der Waals surface area contributed by atoms with Crippen molar-refractivity contribution in [2.75, 3.05) is 26.7 Å². The molecule has 1 saturated heterocycles. The fourth-order valence-electron chi connectivity index (χ4n) is 2.45. The molecule has 1 heterocycles. The molecule has 118 valence electrons. The molecule has 1 aromatic carbocycles. The summed E-state index contributed by atoms with van der Waals surface area (Å²) in [5.74, 6) is 0.399. The molecule has 0 radical (unpaired) electrons. The molecular weight excluding hydrogens is 356 g/mol. The van der Waals surface area contributed by atoms with Gasteiger partial charge in [-0.1, -0.05) is 15.9 Å². The Balaban J connectivity index is 2.35. The average Bonchev–Trinajstić information content (AvgIpc) is 2.49. The first kappa shape index (κ1) is 16.7. The Morgan fingerprint density at radius 1 is 1.48 bits per heavy atom. The molecule has 1 aliphatic rings. The van der Waals surface area contributed by atoms with E-state index in [9.17, 15) is 8.42 Å². The molecule has 1 atom stereocenters. The number of sulfonamides is 1. The highest BCUT2D eigenvalue weighted by molar-refractivity contribution is 9.10. The van der Waals surface area contributed by atoms with Gasteiger partial charge in [0.25, 0.3) is 0 Å². The monoisotopic (exact) mass is 376 g/mol. The van der Waals surface area contributed by atoms with Gasteiger partial charge in [0.05, 0.1) is 6.61 Å². The maximum absolute atomic E-state index is 12.9. The van der Waals surface area contributed by atoms with Gasteiger partial charge in [0.2, 0.25) is 10.0 Å². The molecule has 1 aromatic rings. The van der Waals surface area contributed by atoms with E-state index in [2.05, 4.69) is 21.2 Å². The van der Waals surface area contributed by atoms with Gasteiger partial charge in [-0.3, -0.25) is 0 Å². The van der Waals surface area contributed by atoms with E-state index in [0.29, 0.717) is 18.9 Å². The number of hydrogen-bond acceptors (Lipinski definition) is 4. The number of nitrogens with one attached hydrogen (secondary N) is 1. The fourth-order valence-corrected chi connectivity index (χ4v) is 4.51. The Morgan fingerprint density at radius 3 is 2.86 bits per heavy atom. The number of likely N-dealkylation sites (N-methyl/N-ethyl adjacent to an activating group) is 1. The zero-order valence-corrected chi connectivity index (χ0v) is 14.7. The number of nitrogens with zero attached hydrogens (tertiary/aromatic N) is 1. The van der Waals surface area contributed by atoms with E-state index >= 15 is 0 Å². The smallest absolute Gasteiger partial charge is 0.246 e. The van der Waals surface area contributed by atoms with Gasteiger partial charge >= 0.3 is 0 Å². The molecule has 0 aliphatic carbocycles. The lowest BCUT2D eigenvalue weighted by Gasteiger charge is -2.31. The summed E-state index contributed by atoms with van der Waals surface area (Å²) in [6.07, 6.45) is 1.86. The lowest BCUT2D eigenvalue weighted by Crippen LogP contribution is -2.46. The van der Waals surface area contributed by atoms with E-state index in [-0.39, 0.29) is 10.9 Å². The number of rotatable bonds is 5. The molecule has 0 spiro atoms. The van der Waals surface area contributed by atoms with Crippen LogP contribution in [0.5, 0.6) is 5.75 Å². The van der Waals surface area contributed by atoms with Crippen LogP contribution < -0.4 is 10.1 Å². The first-order valence-corrected chi connectivity index (χ1v) is 9.31. The van der Waals surface area contributed by atoms with Crippen LogP contribution in [-0.4, -0.2) is 45.5 Å². The molecule has 1 fully saturated rings. The third kappa shape index (κ3) is 3.77. The van der Waals surface area contributed by atoms with Crippen molar-refractivity contribution in [2.24, 2.45) is 0 Å². The summed E-state index contributed by atoms with van der Waals surface area (Å²) >= 11 is 3.33. The number of ether oxygens (including phenoxy) is 1. The number of hydrogen-bond donors (Lipinski definition) is 1. The van der Waals surface area contributed by atoms with Crippen LogP contribution in [0.15, 0.2) is 27.6 Å². The molecular formula is C14H21BrN2O3S. The molecule has 0 amide bonds. The predicted octanol–water partition coefficient (Wildman–Crippen LogP) is 2.22. The van der Waals surface area contributed by atoms with Crippen molar-refractivity contribution in [1.29, 1.82) is 0 Å². The Bertz CT molecular complexity index is 586. The summed E-state index contributed by atoms with van der Waals surface area (Å²) in [4.78, 5) is 0.215. The quantitative estimate of drug-likeness (QED) is 0.855. The summed E-state index contributed by atoms with van der Waals surface area (Å²) in [6, 6.07) is 5.06. The van der Waals surface area contributed by atoms with Gasteiger partial charge in [0, 0.05) is 24.1 Å². The van der Waals surface area contributed by atoms with Gasteiger partial charge in [-0.15, -0.1) is 0 Å². The maximum atomic E-state index is 12.9. The molecule has 5 nitrogen and oxygen atoms in total. The van der Waals surface area contributed by atoms with E-state index in [4.69, 9.17) is 4.74 Å². The van der Waals surface area contributed by atoms with Crippen molar-refractivity contribution in [3.8, 4) is 5.75 Å². The Kier molecular flexibility index (Phi) is 5.65. The molecule has 2 rings (SSSR count). The third-order valence-electron chi connectivity index (χ3n) is 3.65. The lowest BCUT2D eigenvalue weighted by molar-refractivity contribution is 0.296. The minimum absolute atomic E-state index is 0.0165. The number of halogens is 1. The summed E-state index contributed by atoms with van der Waals surface area (Å²) in [7, 11) is -1.93. The Hall–Kier alpha value is -0.630. The van der Waals surface area contributed by atoms with Gasteiger partial charge in [-0.25, -0.2) is 8.42 Å². The molecule has 0 bridgehead atoms. The van der Waals surface area contributed by atoms with E-state index in [1.165, 1.54) is 4.31 Å². The van der Waals surface area contributed by atoms with Crippen molar-refractivity contribution in [3.05, 3.63) is 22.7 Å². The first-order chi connectivity index (χ1) is 9.96. The lowest BCUT2D eigenvalue weighted by atomic mass is 10.1. The normalized spacial score (nSPS) is 19.7. The van der Waals surface area contributed by atoms with Crippen molar-refractivity contribution < 1.29 is 13.2 Å². The van der Waals surface area contributed by atoms with Gasteiger partial charge in [0.15, 0.2) is 0 Å². The zero-order valence-electron chi connectivity index (χ0n) is 12.3. The van der Waals surface area contributed by atoms with Crippen LogP contribution in [-0.2, 0) is 10.0 Å². The van der Waals surface area contributed by atoms with Crippen molar-refractivity contribution in [1.82, 2.24) is 9.62 Å². The van der Waals surface area contributed by atoms with Crippen LogP contribution in [0.3, 0.4) is 0 Å². The summed E-state index contributed by atoms with van der Waals surface area (Å²) in [5.41, 5.74) is 0. The molecule has 0 saturated carbocycles. The summed E-state index contributed by atoms with van der Waals surface area (Å²) in [5, 5.41) is 3.24. The van der Waals surface area contributed by atoms with Crippen molar-refractivity contribution in [2.45, 2.75) is 30.7 Å². The first-order valence-electron chi connectivity index (χ1n) is 7.08. The van der Waals surface area contributed by atoms with Gasteiger partial charge in [0.1, 0.15) is 10.6 Å². The molecule has 21 heavy (non-hydrogen) atoms. The Labute approximate surface area is 134 Å². The summed E-state index contributed by atoms with van der Waals surface area (Å²) < 4.78 is 33.4. The average molecular weight is 377 g/mol. The summed E-state index contributed by atoms with van der Waals surface area (Å²) in [6.45, 7) is 3.91. The van der Waals surface area contributed by atoms with Gasteiger partial charge in [-0.2, -0.15) is 4.31 Å². The molecule has 0 aromatic heterocycles. The second kappa shape index (κ2) is 7.09. The highest BCUT2D eigenvalue weighted by Gasteiger charge is 2.31. The second-order valence-electron chi connectivity index (χ2n) is 5.05. The van der Waals surface area contributed by atoms with Crippen LogP contribution in [0.4, 0.5) is 0 Å². The Morgan fingerprint density at radius 2 is 2.24 bits per heavy atom. The minimum atomic E-state index is -3.58. The van der Waals surface area contributed by atoms with E-state index in [1.807, 2.05) is 6.92 Å². The third-order valence-corrected chi connectivity index (χ3v) is 6.07. The van der Waals surface area contributed by atoms with E-state index in [0.717, 1.165) is 23.9 Å². The van der Waals surface area contributed by atoms with Gasteiger partial charge in [-0.05, 0) is 44.5 Å². The van der Waals surface area contributed by atoms with Crippen LogP contribution in [0.25, 0.3) is 0 Å². The fraction of sp³-hybridized carbons (Fsp3) is 0.571. The van der Waals surface area contributed by atoms with Crippen molar-refractivity contribution >= 4 is 26.0 Å². The number of benzene rings is 1. The minimum Gasteiger partial charge on any atom is -0.492 e. The van der Waals surface area contributed by atoms with E-state index < -0.39 is 10.0 Å². The maximum Gasteiger partial charge on any atom is 0.246 e. The second-order valence-corrected chi connectivity index (χ2v) is 7.93. The molecule has 7 heteroatoms. The highest BCUT2D eigenvalue weighted by Crippen LogP contribution is 2.31. The largest absolute Gasteiger partial charge is 0.492 e. The van der Waals surface area contributed by atoms with E-state index in [1.54, 1.807) is 25.2 Å². The number of piperidine rings is 1. The topological polar surface area (TPSA) is 58.6 Å². The SMILES string of the molecule is CCOc1ccc(Br)cc1S(=O)(=O)N(C)C1CCCNC1. The zero-order chi connectivity index (χ0) is 15.5. The van der Waals surface area contributed by atoms with Crippen LogP contribution >= 0.6 is 15.9 Å². The molecule has 1 unspecified atom stereocenters. The molecule has 1 aliphatic heterocycles. The standard InChI is InChI=1S/C14H21BrN2O3S/c1-3-20-13-7-6-11(15)9-14(13)21(18,19)17(2)12-5-4-8-16-10-12/h6-7,9,12,16H,3-5,8,10H2,1-2H3. The van der Waals surface area contributed by atoms with Crippen molar-refractivity contribution in [3.63, 3.8) is 0 Å².